The minimum absolute atomic E-state index is 0. The minimum Gasteiger partial charge on any atom is -0.357 e. The number of rotatable bonds is 7. The first kappa shape index (κ1) is 22.6. The number of nitrogens with zero attached hydrogens (tertiary/aromatic N) is 3. The fraction of sp³-hybridized carbons (Fsp3) is 0.579. The van der Waals surface area contributed by atoms with Crippen LogP contribution < -0.4 is 10.6 Å². The Morgan fingerprint density at radius 2 is 2.22 bits per heavy atom. The highest BCUT2D eigenvalue weighted by molar-refractivity contribution is 14.0. The lowest BCUT2D eigenvalue weighted by Gasteiger charge is -2.32. The van der Waals surface area contributed by atoms with Gasteiger partial charge in [0.2, 0.25) is 0 Å². The van der Waals surface area contributed by atoms with Crippen molar-refractivity contribution in [1.82, 2.24) is 20.5 Å². The van der Waals surface area contributed by atoms with E-state index >= 15 is 0 Å². The van der Waals surface area contributed by atoms with E-state index < -0.39 is 0 Å². The van der Waals surface area contributed by atoms with Gasteiger partial charge in [-0.3, -0.25) is 4.90 Å². The third kappa shape index (κ3) is 6.40. The summed E-state index contributed by atoms with van der Waals surface area (Å²) in [6.07, 6.45) is 4.18. The van der Waals surface area contributed by atoms with E-state index in [1.807, 2.05) is 17.5 Å². The highest BCUT2D eigenvalue weighted by atomic mass is 127. The SMILES string of the molecule is CCNC(=NCc1ncc(CC)s1)NCC(C)N1CCc2sccc2C1.I. The van der Waals surface area contributed by atoms with Crippen molar-refractivity contribution < 1.29 is 0 Å². The number of guanidine groups is 1. The Morgan fingerprint density at radius 1 is 1.37 bits per heavy atom. The fourth-order valence-corrected chi connectivity index (χ4v) is 4.77. The number of thiazole rings is 1. The number of nitrogens with one attached hydrogen (secondary N) is 2. The van der Waals surface area contributed by atoms with Gasteiger partial charge >= 0.3 is 0 Å². The lowest BCUT2D eigenvalue weighted by atomic mass is 10.1. The quantitative estimate of drug-likeness (QED) is 0.331. The number of halogens is 1. The first-order chi connectivity index (χ1) is 12.7. The number of aryl methyl sites for hydroxylation is 1. The molecule has 3 heterocycles. The van der Waals surface area contributed by atoms with Crippen LogP contribution in [0.5, 0.6) is 0 Å². The second-order valence-electron chi connectivity index (χ2n) is 6.59. The maximum absolute atomic E-state index is 4.70. The van der Waals surface area contributed by atoms with E-state index in [0.29, 0.717) is 12.6 Å². The summed E-state index contributed by atoms with van der Waals surface area (Å²) in [5.74, 6) is 0.876. The largest absolute Gasteiger partial charge is 0.357 e. The van der Waals surface area contributed by atoms with Crippen LogP contribution in [-0.2, 0) is 25.9 Å². The van der Waals surface area contributed by atoms with Crippen molar-refractivity contribution in [2.45, 2.75) is 52.7 Å². The van der Waals surface area contributed by atoms with Crippen molar-refractivity contribution in [3.63, 3.8) is 0 Å². The van der Waals surface area contributed by atoms with Gasteiger partial charge in [0.25, 0.3) is 0 Å². The van der Waals surface area contributed by atoms with Gasteiger partial charge in [0, 0.05) is 48.2 Å². The summed E-state index contributed by atoms with van der Waals surface area (Å²) in [5.41, 5.74) is 1.50. The van der Waals surface area contributed by atoms with E-state index in [9.17, 15) is 0 Å². The minimum atomic E-state index is 0. The van der Waals surface area contributed by atoms with Gasteiger partial charge in [-0.15, -0.1) is 46.7 Å². The van der Waals surface area contributed by atoms with Crippen LogP contribution >= 0.6 is 46.7 Å². The molecule has 0 aliphatic carbocycles. The third-order valence-electron chi connectivity index (χ3n) is 4.69. The highest BCUT2D eigenvalue weighted by Gasteiger charge is 2.21. The molecular formula is C19H30IN5S2. The topological polar surface area (TPSA) is 52.6 Å². The number of fused-ring (bicyclic) bond motifs is 1. The van der Waals surface area contributed by atoms with Crippen LogP contribution in [-0.4, -0.2) is 41.5 Å². The standard InChI is InChI=1S/C19H29N5S2.HI/c1-4-16-11-21-18(26-16)12-23-19(20-5-2)22-10-14(3)24-8-6-17-15(13-24)7-9-25-17;/h7,9,11,14H,4-6,8,10,12-13H2,1-3H3,(H2,20,22,23);1H. The van der Waals surface area contributed by atoms with Crippen LogP contribution in [0.2, 0.25) is 0 Å². The van der Waals surface area contributed by atoms with Gasteiger partial charge < -0.3 is 10.6 Å². The Morgan fingerprint density at radius 3 is 2.96 bits per heavy atom. The molecule has 1 unspecified atom stereocenters. The molecule has 2 aromatic heterocycles. The molecule has 0 bridgehead atoms. The first-order valence-electron chi connectivity index (χ1n) is 9.44. The van der Waals surface area contributed by atoms with E-state index in [0.717, 1.165) is 43.6 Å². The number of hydrogen-bond acceptors (Lipinski definition) is 5. The van der Waals surface area contributed by atoms with E-state index in [1.165, 1.54) is 16.9 Å². The molecule has 1 aliphatic heterocycles. The van der Waals surface area contributed by atoms with E-state index in [4.69, 9.17) is 4.99 Å². The predicted octanol–water partition coefficient (Wildman–Crippen LogP) is 3.89. The molecule has 0 saturated heterocycles. The zero-order valence-corrected chi connectivity index (χ0v) is 20.3. The summed E-state index contributed by atoms with van der Waals surface area (Å²) in [7, 11) is 0. The normalized spacial score (nSPS) is 15.7. The lowest BCUT2D eigenvalue weighted by molar-refractivity contribution is 0.192. The number of aliphatic imine (C=N–C) groups is 1. The van der Waals surface area contributed by atoms with Gasteiger partial charge in [-0.05, 0) is 43.7 Å². The van der Waals surface area contributed by atoms with Crippen LogP contribution in [0.15, 0.2) is 22.6 Å². The van der Waals surface area contributed by atoms with Gasteiger partial charge in [-0.1, -0.05) is 6.92 Å². The molecule has 150 valence electrons. The molecule has 0 aromatic carbocycles. The zero-order valence-electron chi connectivity index (χ0n) is 16.3. The molecule has 0 saturated carbocycles. The maximum atomic E-state index is 4.70. The van der Waals surface area contributed by atoms with Crippen LogP contribution in [0.25, 0.3) is 0 Å². The van der Waals surface area contributed by atoms with Crippen molar-refractivity contribution in [3.05, 3.63) is 38.0 Å². The van der Waals surface area contributed by atoms with Gasteiger partial charge in [0.1, 0.15) is 5.01 Å². The number of aromatic nitrogens is 1. The molecule has 27 heavy (non-hydrogen) atoms. The third-order valence-corrected chi connectivity index (χ3v) is 6.84. The lowest BCUT2D eigenvalue weighted by Crippen LogP contribution is -2.47. The van der Waals surface area contributed by atoms with Gasteiger partial charge in [-0.25, -0.2) is 9.98 Å². The number of thiophene rings is 1. The monoisotopic (exact) mass is 519 g/mol. The van der Waals surface area contributed by atoms with Crippen molar-refractivity contribution >= 4 is 52.6 Å². The molecular weight excluding hydrogens is 489 g/mol. The summed E-state index contributed by atoms with van der Waals surface area (Å²) < 4.78 is 0. The molecule has 1 aliphatic rings. The Kier molecular flexibility index (Phi) is 9.47. The smallest absolute Gasteiger partial charge is 0.191 e. The van der Waals surface area contributed by atoms with Gasteiger partial charge in [0.15, 0.2) is 5.96 Å². The van der Waals surface area contributed by atoms with E-state index in [2.05, 4.69) is 52.7 Å². The van der Waals surface area contributed by atoms with Gasteiger partial charge in [0.05, 0.1) is 6.54 Å². The predicted molar refractivity (Wildman–Crippen MR) is 128 cm³/mol. The Balaban J connectivity index is 0.00000261. The average molecular weight is 520 g/mol. The molecule has 8 heteroatoms. The molecule has 0 fully saturated rings. The summed E-state index contributed by atoms with van der Waals surface area (Å²) in [6, 6.07) is 2.75. The van der Waals surface area contributed by atoms with Crippen LogP contribution in [0.3, 0.4) is 0 Å². The van der Waals surface area contributed by atoms with Crippen molar-refractivity contribution in [1.29, 1.82) is 0 Å². The average Bonchev–Trinajstić information content (AvgIpc) is 3.31. The number of hydrogen-bond donors (Lipinski definition) is 2. The Labute approximate surface area is 187 Å². The molecule has 0 radical (unpaired) electrons. The van der Waals surface area contributed by atoms with Gasteiger partial charge in [-0.2, -0.15) is 0 Å². The highest BCUT2D eigenvalue weighted by Crippen LogP contribution is 2.24. The molecule has 2 aromatic rings. The summed E-state index contributed by atoms with van der Waals surface area (Å²) in [5, 5.41) is 10.1. The Bertz CT molecular complexity index is 727. The molecule has 2 N–H and O–H groups in total. The first-order valence-corrected chi connectivity index (χ1v) is 11.1. The van der Waals surface area contributed by atoms with Crippen LogP contribution in [0.1, 0.15) is 41.1 Å². The van der Waals surface area contributed by atoms with E-state index in [-0.39, 0.29) is 24.0 Å². The van der Waals surface area contributed by atoms with E-state index in [1.54, 1.807) is 16.2 Å². The second kappa shape index (κ2) is 11.3. The molecule has 3 rings (SSSR count). The van der Waals surface area contributed by atoms with Crippen LogP contribution in [0, 0.1) is 0 Å². The van der Waals surface area contributed by atoms with Crippen molar-refractivity contribution in [3.8, 4) is 0 Å². The maximum Gasteiger partial charge on any atom is 0.191 e. The molecule has 0 spiro atoms. The molecule has 5 nitrogen and oxygen atoms in total. The summed E-state index contributed by atoms with van der Waals surface area (Å²) in [4.78, 5) is 14.6. The van der Waals surface area contributed by atoms with Crippen molar-refractivity contribution in [2.24, 2.45) is 4.99 Å². The van der Waals surface area contributed by atoms with Crippen molar-refractivity contribution in [2.75, 3.05) is 19.6 Å². The molecule has 1 atom stereocenters. The zero-order chi connectivity index (χ0) is 18.4. The summed E-state index contributed by atoms with van der Waals surface area (Å²) >= 11 is 3.65. The Hall–Kier alpha value is -0.710. The second-order valence-corrected chi connectivity index (χ2v) is 8.79. The fourth-order valence-electron chi connectivity index (χ4n) is 3.09. The summed E-state index contributed by atoms with van der Waals surface area (Å²) in [6.45, 7) is 11.1. The van der Waals surface area contributed by atoms with Crippen LogP contribution in [0.4, 0.5) is 0 Å². The molecule has 0 amide bonds.